The SMILES string of the molecule is CC(=O)C(N=Nc1ccc(Cl)c(C(=O)Nc2c(Cl)cccc2Cl)c1)C(=O)Nc1cc(C)c(NC(=O)C(N=Nc2ccc(Cl)c(C(=O)Nc3c(Cl)cccc3Cl)c2)C(C)=O)c(C)c1. The van der Waals surface area contributed by atoms with Gasteiger partial charge in [0.1, 0.15) is 0 Å². The molecule has 4 amide bonds. The largest absolute Gasteiger partial charge is 0.324 e. The zero-order valence-corrected chi connectivity index (χ0v) is 37.3. The van der Waals surface area contributed by atoms with Crippen molar-refractivity contribution in [3.05, 3.63) is 137 Å². The summed E-state index contributed by atoms with van der Waals surface area (Å²) >= 11 is 37.3. The van der Waals surface area contributed by atoms with E-state index in [-0.39, 0.29) is 69.7 Å². The average Bonchev–Trinajstić information content (AvgIpc) is 3.20. The predicted octanol–water partition coefficient (Wildman–Crippen LogP) is 12.1. The number of azo groups is 2. The minimum atomic E-state index is -1.59. The normalized spacial score (nSPS) is 12.2. The van der Waals surface area contributed by atoms with Crippen molar-refractivity contribution >= 4 is 139 Å². The maximum atomic E-state index is 13.4. The highest BCUT2D eigenvalue weighted by molar-refractivity contribution is 6.41. The van der Waals surface area contributed by atoms with Crippen LogP contribution in [0.4, 0.5) is 34.1 Å². The van der Waals surface area contributed by atoms with Crippen LogP contribution < -0.4 is 21.3 Å². The highest BCUT2D eigenvalue weighted by Crippen LogP contribution is 2.34. The van der Waals surface area contributed by atoms with E-state index in [0.29, 0.717) is 16.8 Å². The van der Waals surface area contributed by atoms with Gasteiger partial charge in [-0.1, -0.05) is 81.7 Å². The van der Waals surface area contributed by atoms with Crippen molar-refractivity contribution in [1.29, 1.82) is 0 Å². The van der Waals surface area contributed by atoms with Crippen molar-refractivity contribution in [3.63, 3.8) is 0 Å². The highest BCUT2D eigenvalue weighted by atomic mass is 35.5. The number of benzene rings is 5. The van der Waals surface area contributed by atoms with Crippen LogP contribution >= 0.6 is 69.6 Å². The molecule has 5 rings (SSSR count). The minimum absolute atomic E-state index is 0.00221. The van der Waals surface area contributed by atoms with Crippen molar-refractivity contribution in [3.8, 4) is 0 Å². The van der Waals surface area contributed by atoms with Crippen LogP contribution in [0.3, 0.4) is 0 Å². The molecule has 20 heteroatoms. The van der Waals surface area contributed by atoms with Gasteiger partial charge in [-0.15, -0.1) is 0 Å². The zero-order chi connectivity index (χ0) is 45.4. The number of aryl methyl sites for hydroxylation is 2. The Balaban J connectivity index is 1.27. The fraction of sp³-hybridized carbons (Fsp3) is 0.143. The molecule has 0 aliphatic rings. The van der Waals surface area contributed by atoms with Gasteiger partial charge in [-0.05, 0) is 112 Å². The highest BCUT2D eigenvalue weighted by Gasteiger charge is 2.27. The summed E-state index contributed by atoms with van der Waals surface area (Å²) in [5.74, 6) is -4.18. The van der Waals surface area contributed by atoms with Crippen molar-refractivity contribution in [2.45, 2.75) is 39.8 Å². The molecule has 0 aromatic heterocycles. The Hall–Kier alpha value is -5.74. The van der Waals surface area contributed by atoms with Gasteiger partial charge < -0.3 is 21.3 Å². The first-order valence-corrected chi connectivity index (χ1v) is 20.3. The third kappa shape index (κ3) is 11.8. The Kier molecular flexibility index (Phi) is 15.9. The summed E-state index contributed by atoms with van der Waals surface area (Å²) in [5.41, 5.74) is 2.11. The van der Waals surface area contributed by atoms with E-state index in [1.54, 1.807) is 50.2 Å². The maximum absolute atomic E-state index is 13.4. The lowest BCUT2D eigenvalue weighted by Gasteiger charge is -2.17. The van der Waals surface area contributed by atoms with Gasteiger partial charge in [0.15, 0.2) is 11.6 Å². The molecule has 5 aromatic carbocycles. The van der Waals surface area contributed by atoms with Gasteiger partial charge in [0, 0.05) is 11.4 Å². The van der Waals surface area contributed by atoms with Crippen molar-refractivity contribution < 1.29 is 28.8 Å². The molecule has 2 unspecified atom stereocenters. The molecule has 0 saturated carbocycles. The minimum Gasteiger partial charge on any atom is -0.324 e. The molecule has 0 heterocycles. The number of amides is 4. The predicted molar refractivity (Wildman–Crippen MR) is 243 cm³/mol. The molecule has 0 radical (unpaired) electrons. The molecule has 0 aliphatic carbocycles. The van der Waals surface area contributed by atoms with Crippen LogP contribution in [-0.4, -0.2) is 47.3 Å². The molecular formula is C42H32Cl6N8O6. The number of nitrogens with zero attached hydrogens (tertiary/aromatic N) is 4. The van der Waals surface area contributed by atoms with Gasteiger partial charge in [-0.25, -0.2) is 0 Å². The number of carbonyl (C=O) groups is 6. The summed E-state index contributed by atoms with van der Waals surface area (Å²) in [6, 6.07) is 17.6. The summed E-state index contributed by atoms with van der Waals surface area (Å²) < 4.78 is 0. The molecule has 0 fully saturated rings. The van der Waals surface area contributed by atoms with Gasteiger partial charge in [-0.3, -0.25) is 28.8 Å². The number of halogens is 6. The smallest absolute Gasteiger partial charge is 0.258 e. The summed E-state index contributed by atoms with van der Waals surface area (Å²) in [5, 5.41) is 27.5. The van der Waals surface area contributed by atoms with Crippen molar-refractivity contribution in [2.75, 3.05) is 21.3 Å². The number of ketones is 2. The number of Topliss-reactive ketones (excluding diaryl/α,β-unsaturated/α-hetero) is 2. The van der Waals surface area contributed by atoms with E-state index >= 15 is 0 Å². The molecule has 5 aromatic rings. The topological polar surface area (TPSA) is 200 Å². The van der Waals surface area contributed by atoms with Gasteiger partial charge in [-0.2, -0.15) is 20.5 Å². The van der Waals surface area contributed by atoms with Crippen LogP contribution in [0.5, 0.6) is 0 Å². The number of para-hydroxylation sites is 2. The van der Waals surface area contributed by atoms with Crippen LogP contribution in [0, 0.1) is 13.8 Å². The standard InChI is InChI=1S/C42H32Cl6N8O6/c1-19-15-25(49-41(61)35(21(3)57)55-53-23-11-13-28(43)26(17-23)39(59)51-37-30(45)7-5-8-31(37)46)16-20(2)34(19)50-42(62)36(22(4)58)56-54-24-12-14-29(44)27(18-24)40(60)52-38-32(47)9-6-10-33(38)48/h5-18,35-36H,1-4H3,(H,49,61)(H,50,62)(H,51,59)(H,52,60). The van der Waals surface area contributed by atoms with Crippen LogP contribution in [0.25, 0.3) is 0 Å². The third-order valence-corrected chi connectivity index (χ3v) is 10.6. The van der Waals surface area contributed by atoms with Crippen molar-refractivity contribution in [2.24, 2.45) is 20.5 Å². The van der Waals surface area contributed by atoms with E-state index in [1.165, 1.54) is 55.5 Å². The lowest BCUT2D eigenvalue weighted by Crippen LogP contribution is -2.33. The molecule has 0 spiro atoms. The molecule has 0 saturated heterocycles. The number of nitrogens with one attached hydrogen (secondary N) is 4. The number of hydrogen-bond donors (Lipinski definition) is 4. The number of hydrogen-bond acceptors (Lipinski definition) is 10. The second kappa shape index (κ2) is 20.9. The summed E-state index contributed by atoms with van der Waals surface area (Å²) in [6.07, 6.45) is 0. The third-order valence-electron chi connectivity index (χ3n) is 8.68. The Morgan fingerprint density at radius 3 is 1.21 bits per heavy atom. The fourth-order valence-corrected chi connectivity index (χ4v) is 7.01. The first kappa shape index (κ1) is 47.3. The quantitative estimate of drug-likeness (QED) is 0.0630. The number of carbonyl (C=O) groups excluding carboxylic acids is 6. The molecule has 0 bridgehead atoms. The van der Waals surface area contributed by atoms with E-state index in [0.717, 1.165) is 6.92 Å². The lowest BCUT2D eigenvalue weighted by atomic mass is 10.1. The summed E-state index contributed by atoms with van der Waals surface area (Å²) in [4.78, 5) is 78.0. The maximum Gasteiger partial charge on any atom is 0.258 e. The number of rotatable bonds is 14. The van der Waals surface area contributed by atoms with Gasteiger partial charge >= 0.3 is 0 Å². The first-order valence-electron chi connectivity index (χ1n) is 18.0. The molecule has 4 N–H and O–H groups in total. The molecular weight excluding hydrogens is 925 g/mol. The van der Waals surface area contributed by atoms with E-state index < -0.39 is 47.3 Å². The second-order valence-corrected chi connectivity index (χ2v) is 15.8. The van der Waals surface area contributed by atoms with Gasteiger partial charge in [0.25, 0.3) is 23.6 Å². The number of anilines is 4. The van der Waals surface area contributed by atoms with E-state index in [4.69, 9.17) is 69.6 Å². The average molecular weight is 957 g/mol. The summed E-state index contributed by atoms with van der Waals surface area (Å²) in [6.45, 7) is 5.62. The van der Waals surface area contributed by atoms with Crippen LogP contribution in [0.15, 0.2) is 105 Å². The Bertz CT molecular complexity index is 2650. The summed E-state index contributed by atoms with van der Waals surface area (Å²) in [7, 11) is 0. The Morgan fingerprint density at radius 1 is 0.468 bits per heavy atom. The molecule has 62 heavy (non-hydrogen) atoms. The zero-order valence-electron chi connectivity index (χ0n) is 32.7. The Morgan fingerprint density at radius 2 is 0.839 bits per heavy atom. The molecule has 0 aliphatic heterocycles. The fourth-order valence-electron chi connectivity index (χ4n) is 5.62. The van der Waals surface area contributed by atoms with E-state index in [1.807, 2.05) is 0 Å². The van der Waals surface area contributed by atoms with Crippen LogP contribution in [0.1, 0.15) is 45.7 Å². The molecule has 14 nitrogen and oxygen atoms in total. The van der Waals surface area contributed by atoms with Gasteiger partial charge in [0.05, 0.1) is 64.0 Å². The van der Waals surface area contributed by atoms with Crippen LogP contribution in [-0.2, 0) is 19.2 Å². The Labute approximate surface area is 384 Å². The lowest BCUT2D eigenvalue weighted by molar-refractivity contribution is -0.127. The van der Waals surface area contributed by atoms with Crippen molar-refractivity contribution in [1.82, 2.24) is 0 Å². The molecule has 318 valence electrons. The second-order valence-electron chi connectivity index (χ2n) is 13.4. The monoisotopic (exact) mass is 954 g/mol. The van der Waals surface area contributed by atoms with Crippen LogP contribution in [0.2, 0.25) is 30.1 Å². The first-order chi connectivity index (χ1) is 29.3. The van der Waals surface area contributed by atoms with Gasteiger partial charge in [0.2, 0.25) is 12.1 Å². The molecule has 2 atom stereocenters. The van der Waals surface area contributed by atoms with E-state index in [9.17, 15) is 28.8 Å². The van der Waals surface area contributed by atoms with E-state index in [2.05, 4.69) is 41.7 Å².